The topological polar surface area (TPSA) is 76.3 Å². The number of benzene rings is 2. The lowest BCUT2D eigenvalue weighted by Crippen LogP contribution is -2.56. The summed E-state index contributed by atoms with van der Waals surface area (Å²) in [6.45, 7) is 1.97. The fourth-order valence-corrected chi connectivity index (χ4v) is 7.18. The van der Waals surface area contributed by atoms with Gasteiger partial charge in [0.25, 0.3) is 5.91 Å². The molecule has 45 heavy (non-hydrogen) atoms. The van der Waals surface area contributed by atoms with E-state index in [4.69, 9.17) is 16.7 Å². The number of aryl methyl sites for hydroxylation is 1. The summed E-state index contributed by atoms with van der Waals surface area (Å²) in [5.41, 5.74) is 1.47. The molecule has 8 nitrogen and oxygen atoms in total. The first-order chi connectivity index (χ1) is 21.5. The van der Waals surface area contributed by atoms with E-state index < -0.39 is 40.7 Å². The summed E-state index contributed by atoms with van der Waals surface area (Å²) < 4.78 is 44.5. The number of nitrogens with zero attached hydrogens (tertiary/aromatic N) is 6. The van der Waals surface area contributed by atoms with Gasteiger partial charge in [-0.15, -0.1) is 0 Å². The quantitative estimate of drug-likeness (QED) is 0.235. The maximum atomic E-state index is 14.4. The number of aromatic nitrogens is 4. The summed E-state index contributed by atoms with van der Waals surface area (Å²) in [5.74, 6) is 0.959. The van der Waals surface area contributed by atoms with Gasteiger partial charge in [-0.3, -0.25) is 14.5 Å². The molecule has 1 aliphatic carbocycles. The SMILES string of the molecule is C[C@@H]1CC2C(=O)N(c3ccc(-c4nccn4C)cc3)c3c(CC4CCC4)cnn3C2CN1C(=O)c1ccc(Cl)c(C(F)(F)F)c1. The molecule has 2 amide bonds. The van der Waals surface area contributed by atoms with Gasteiger partial charge < -0.3 is 9.47 Å². The number of imidazole rings is 1. The number of piperidine rings is 1. The van der Waals surface area contributed by atoms with Crippen molar-refractivity contribution in [2.24, 2.45) is 18.9 Å². The number of alkyl halides is 3. The molecule has 2 aromatic carbocycles. The number of halogens is 4. The van der Waals surface area contributed by atoms with Gasteiger partial charge in [0.05, 0.1) is 34.4 Å². The fourth-order valence-electron chi connectivity index (χ4n) is 6.95. The van der Waals surface area contributed by atoms with Crippen LogP contribution >= 0.6 is 11.6 Å². The average molecular weight is 637 g/mol. The van der Waals surface area contributed by atoms with Crippen molar-refractivity contribution in [1.82, 2.24) is 24.2 Å². The number of anilines is 2. The van der Waals surface area contributed by atoms with Crippen LogP contribution in [0.5, 0.6) is 0 Å². The van der Waals surface area contributed by atoms with E-state index in [-0.39, 0.29) is 18.0 Å². The summed E-state index contributed by atoms with van der Waals surface area (Å²) in [4.78, 5) is 35.9. The van der Waals surface area contributed by atoms with Crippen molar-refractivity contribution in [3.8, 4) is 11.4 Å². The van der Waals surface area contributed by atoms with Crippen LogP contribution in [0, 0.1) is 11.8 Å². The number of fused-ring (bicyclic) bond motifs is 3. The third-order valence-corrected chi connectivity index (χ3v) is 9.93. The molecule has 4 aromatic rings. The van der Waals surface area contributed by atoms with Crippen LogP contribution in [-0.2, 0) is 24.4 Å². The van der Waals surface area contributed by atoms with E-state index in [1.54, 1.807) is 16.0 Å². The number of likely N-dealkylation sites (tertiary alicyclic amines) is 1. The summed E-state index contributed by atoms with van der Waals surface area (Å²) in [6, 6.07) is 10.1. The van der Waals surface area contributed by atoms with E-state index >= 15 is 0 Å². The lowest BCUT2D eigenvalue weighted by molar-refractivity contribution is -0.137. The first-order valence-electron chi connectivity index (χ1n) is 15.2. The minimum Gasteiger partial charge on any atom is -0.334 e. The second-order valence-corrected chi connectivity index (χ2v) is 12.8. The van der Waals surface area contributed by atoms with Crippen molar-refractivity contribution in [1.29, 1.82) is 0 Å². The summed E-state index contributed by atoms with van der Waals surface area (Å²) >= 11 is 5.82. The highest BCUT2D eigenvalue weighted by Crippen LogP contribution is 2.46. The third-order valence-electron chi connectivity index (χ3n) is 9.60. The Kier molecular flexibility index (Phi) is 7.26. The van der Waals surface area contributed by atoms with Crippen LogP contribution < -0.4 is 4.90 Å². The van der Waals surface area contributed by atoms with Crippen LogP contribution in [0.25, 0.3) is 11.4 Å². The van der Waals surface area contributed by atoms with Gasteiger partial charge in [0.1, 0.15) is 11.6 Å². The molecule has 0 N–H and O–H groups in total. The molecule has 0 bridgehead atoms. The van der Waals surface area contributed by atoms with Crippen LogP contribution in [0.3, 0.4) is 0 Å². The van der Waals surface area contributed by atoms with Crippen molar-refractivity contribution in [3.63, 3.8) is 0 Å². The van der Waals surface area contributed by atoms with Crippen molar-refractivity contribution < 1.29 is 22.8 Å². The molecule has 1 saturated carbocycles. The van der Waals surface area contributed by atoms with Gasteiger partial charge in [0, 0.05) is 48.7 Å². The smallest absolute Gasteiger partial charge is 0.334 e. The Hall–Kier alpha value is -4.12. The van der Waals surface area contributed by atoms with E-state index in [1.807, 2.05) is 59.9 Å². The second-order valence-electron chi connectivity index (χ2n) is 12.4. The Bertz CT molecular complexity index is 1780. The van der Waals surface area contributed by atoms with Crippen LogP contribution in [0.15, 0.2) is 61.1 Å². The van der Waals surface area contributed by atoms with Crippen LogP contribution in [0.2, 0.25) is 5.02 Å². The number of amides is 2. The maximum absolute atomic E-state index is 14.4. The highest BCUT2D eigenvalue weighted by atomic mass is 35.5. The number of hydrogen-bond acceptors (Lipinski definition) is 4. The van der Waals surface area contributed by atoms with Crippen LogP contribution in [0.4, 0.5) is 24.7 Å². The Labute approximate surface area is 263 Å². The zero-order valence-corrected chi connectivity index (χ0v) is 25.6. The molecule has 2 unspecified atom stereocenters. The predicted molar refractivity (Wildman–Crippen MR) is 163 cm³/mol. The molecule has 3 aliphatic rings. The van der Waals surface area contributed by atoms with Crippen LogP contribution in [0.1, 0.15) is 60.1 Å². The molecule has 1 saturated heterocycles. The third kappa shape index (κ3) is 5.10. The molecule has 2 aliphatic heterocycles. The largest absolute Gasteiger partial charge is 0.417 e. The lowest BCUT2D eigenvalue weighted by Gasteiger charge is -2.47. The Morgan fingerprint density at radius 1 is 1.11 bits per heavy atom. The van der Waals surface area contributed by atoms with Crippen LogP contribution in [-0.4, -0.2) is 48.6 Å². The maximum Gasteiger partial charge on any atom is 0.417 e. The van der Waals surface area contributed by atoms with Gasteiger partial charge in [0.15, 0.2) is 0 Å². The van der Waals surface area contributed by atoms with Gasteiger partial charge >= 0.3 is 6.18 Å². The number of carbonyl (C=O) groups excluding carboxylic acids is 2. The van der Waals surface area contributed by atoms with Gasteiger partial charge in [-0.2, -0.15) is 18.3 Å². The number of hydrogen-bond donors (Lipinski definition) is 0. The predicted octanol–water partition coefficient (Wildman–Crippen LogP) is 7.07. The minimum atomic E-state index is -4.69. The molecule has 2 fully saturated rings. The highest BCUT2D eigenvalue weighted by Gasteiger charge is 2.49. The standard InChI is InChI=1S/C33H32ClF3N6O2/c1-19-14-25-28(18-41(19)31(44)22-8-11-27(34)26(16-22)33(35,36)37)43-30(23(17-39-43)15-20-4-3-5-20)42(32(25)45)24-9-6-21(7-10-24)29-38-12-13-40(29)2/h6-13,16-17,19-20,25,28H,3-5,14-15,18H2,1-2H3/t19-,25?,28?/m1/s1. The van der Waals surface area contributed by atoms with E-state index in [9.17, 15) is 22.8 Å². The molecule has 7 rings (SSSR count). The first-order valence-corrected chi connectivity index (χ1v) is 15.5. The molecule has 2 aromatic heterocycles. The van der Waals surface area contributed by atoms with Crippen molar-refractivity contribution in [2.75, 3.05) is 11.4 Å². The molecule has 3 atom stereocenters. The Balaban J connectivity index is 1.25. The Morgan fingerprint density at radius 3 is 2.51 bits per heavy atom. The van der Waals surface area contributed by atoms with Crippen molar-refractivity contribution in [2.45, 2.75) is 57.3 Å². The average Bonchev–Trinajstić information content (AvgIpc) is 3.61. The van der Waals surface area contributed by atoms with Gasteiger partial charge in [-0.25, -0.2) is 9.67 Å². The van der Waals surface area contributed by atoms with E-state index in [0.717, 1.165) is 54.0 Å². The molecular weight excluding hydrogens is 605 g/mol. The number of rotatable bonds is 5. The zero-order valence-electron chi connectivity index (χ0n) is 24.8. The highest BCUT2D eigenvalue weighted by molar-refractivity contribution is 6.31. The molecule has 234 valence electrons. The van der Waals surface area contributed by atoms with E-state index in [2.05, 4.69) is 4.98 Å². The normalized spacial score (nSPS) is 21.8. The van der Waals surface area contributed by atoms with Crippen molar-refractivity contribution in [3.05, 3.63) is 82.8 Å². The number of carbonyl (C=O) groups is 2. The molecular formula is C33H32ClF3N6O2. The van der Waals surface area contributed by atoms with Gasteiger partial charge in [-0.05, 0) is 68.1 Å². The van der Waals surface area contributed by atoms with Gasteiger partial charge in [0.2, 0.25) is 5.91 Å². The molecule has 4 heterocycles. The monoisotopic (exact) mass is 636 g/mol. The zero-order chi connectivity index (χ0) is 31.6. The van der Waals surface area contributed by atoms with E-state index in [0.29, 0.717) is 18.2 Å². The molecule has 12 heteroatoms. The van der Waals surface area contributed by atoms with Gasteiger partial charge in [-0.1, -0.05) is 30.9 Å². The first kappa shape index (κ1) is 29.6. The second kappa shape index (κ2) is 11.0. The summed E-state index contributed by atoms with van der Waals surface area (Å²) in [7, 11) is 1.93. The van der Waals surface area contributed by atoms with E-state index in [1.165, 1.54) is 12.5 Å². The van der Waals surface area contributed by atoms with Crippen molar-refractivity contribution >= 4 is 34.9 Å². The summed E-state index contributed by atoms with van der Waals surface area (Å²) in [5, 5.41) is 4.33. The lowest BCUT2D eigenvalue weighted by atomic mass is 9.80. The minimum absolute atomic E-state index is 0.0719. The fraction of sp³-hybridized carbons (Fsp3) is 0.394. The molecule has 0 radical (unpaired) electrons. The molecule has 0 spiro atoms. The summed E-state index contributed by atoms with van der Waals surface area (Å²) in [6.07, 6.45) is 5.34. The Morgan fingerprint density at radius 2 is 1.87 bits per heavy atom.